The number of nitrogens with zero attached hydrogens (tertiary/aromatic N) is 4. The van der Waals surface area contributed by atoms with Crippen molar-refractivity contribution >= 4 is 5.91 Å². The highest BCUT2D eigenvalue weighted by Gasteiger charge is 2.34. The number of alkyl halides is 3. The number of ether oxygens (including phenoxy) is 2. The van der Waals surface area contributed by atoms with Crippen LogP contribution in [0.15, 0.2) is 22.6 Å². The summed E-state index contributed by atoms with van der Waals surface area (Å²) in [6.45, 7) is 0.624. The number of carbonyl (C=O) groups excluding carboxylic acids is 1. The zero-order valence-electron chi connectivity index (χ0n) is 16.1. The average molecular weight is 425 g/mol. The molecule has 1 aromatic carbocycles. The highest BCUT2D eigenvalue weighted by atomic mass is 19.4. The maximum absolute atomic E-state index is 13.0. The van der Waals surface area contributed by atoms with E-state index in [1.165, 1.54) is 19.1 Å². The molecule has 1 aromatic heterocycles. The molecule has 0 aliphatic carbocycles. The van der Waals surface area contributed by atoms with Crippen molar-refractivity contribution in [2.45, 2.75) is 24.7 Å². The SMILES string of the molecule is COC[C@H]1C[C@@H](NC(=O)c2nnc(-c3cc(C(F)(F)F)ccc3OC)o2)CN1C#N. The molecular formula is C18H18F3N5O4. The average Bonchev–Trinajstić information content (AvgIpc) is 3.34. The van der Waals surface area contributed by atoms with E-state index < -0.39 is 23.5 Å². The second-order valence-electron chi connectivity index (χ2n) is 6.59. The molecule has 0 spiro atoms. The number of carbonyl (C=O) groups is 1. The largest absolute Gasteiger partial charge is 0.496 e. The van der Waals surface area contributed by atoms with Gasteiger partial charge in [0.1, 0.15) is 5.75 Å². The van der Waals surface area contributed by atoms with Crippen LogP contribution in [0, 0.1) is 11.5 Å². The second-order valence-corrected chi connectivity index (χ2v) is 6.59. The van der Waals surface area contributed by atoms with Gasteiger partial charge in [-0.1, -0.05) is 0 Å². The molecule has 2 aromatic rings. The van der Waals surface area contributed by atoms with E-state index in [1.54, 1.807) is 0 Å². The van der Waals surface area contributed by atoms with Crippen molar-refractivity contribution in [2.24, 2.45) is 0 Å². The topological polar surface area (TPSA) is 114 Å². The molecule has 1 fully saturated rings. The van der Waals surface area contributed by atoms with Gasteiger partial charge in [-0.15, -0.1) is 10.2 Å². The predicted molar refractivity (Wildman–Crippen MR) is 95.1 cm³/mol. The summed E-state index contributed by atoms with van der Waals surface area (Å²) in [5.41, 5.74) is -1.01. The molecule has 0 unspecified atom stereocenters. The number of nitriles is 1. The van der Waals surface area contributed by atoms with Crippen LogP contribution in [0.3, 0.4) is 0 Å². The Hall–Kier alpha value is -3.33. The smallest absolute Gasteiger partial charge is 0.416 e. The first-order chi connectivity index (χ1) is 14.3. The third-order valence-corrected chi connectivity index (χ3v) is 4.61. The Kier molecular flexibility index (Phi) is 6.12. The first-order valence-electron chi connectivity index (χ1n) is 8.82. The summed E-state index contributed by atoms with van der Waals surface area (Å²) in [6, 6.07) is 2.29. The van der Waals surface area contributed by atoms with Crippen LogP contribution in [-0.4, -0.2) is 60.5 Å². The summed E-state index contributed by atoms with van der Waals surface area (Å²) in [5.74, 6) is -1.31. The van der Waals surface area contributed by atoms with E-state index >= 15 is 0 Å². The van der Waals surface area contributed by atoms with Crippen LogP contribution in [0.4, 0.5) is 13.2 Å². The summed E-state index contributed by atoms with van der Waals surface area (Å²) in [7, 11) is 2.80. The third kappa shape index (κ3) is 4.46. The van der Waals surface area contributed by atoms with E-state index in [9.17, 15) is 18.0 Å². The molecule has 2 atom stereocenters. The molecule has 0 bridgehead atoms. The van der Waals surface area contributed by atoms with E-state index in [1.807, 2.05) is 6.19 Å². The zero-order valence-corrected chi connectivity index (χ0v) is 16.1. The second kappa shape index (κ2) is 8.58. The van der Waals surface area contributed by atoms with Crippen LogP contribution in [-0.2, 0) is 10.9 Å². The van der Waals surface area contributed by atoms with Gasteiger partial charge in [-0.2, -0.15) is 18.4 Å². The predicted octanol–water partition coefficient (Wildman–Crippen LogP) is 2.06. The highest BCUT2D eigenvalue weighted by Crippen LogP contribution is 2.36. The van der Waals surface area contributed by atoms with Gasteiger partial charge in [0.05, 0.1) is 30.9 Å². The molecule has 12 heteroatoms. The van der Waals surface area contributed by atoms with Gasteiger partial charge in [0.15, 0.2) is 6.19 Å². The number of nitrogens with one attached hydrogen (secondary N) is 1. The normalized spacial score (nSPS) is 18.9. The molecule has 1 aliphatic heterocycles. The van der Waals surface area contributed by atoms with E-state index in [4.69, 9.17) is 19.2 Å². The number of amides is 1. The molecule has 0 saturated carbocycles. The van der Waals surface area contributed by atoms with Crippen molar-refractivity contribution in [3.8, 4) is 23.4 Å². The van der Waals surface area contributed by atoms with Crippen molar-refractivity contribution in [1.29, 1.82) is 5.26 Å². The van der Waals surface area contributed by atoms with Crippen LogP contribution in [0.5, 0.6) is 5.75 Å². The van der Waals surface area contributed by atoms with Crippen LogP contribution in [0.25, 0.3) is 11.5 Å². The van der Waals surface area contributed by atoms with Crippen molar-refractivity contribution in [3.63, 3.8) is 0 Å². The summed E-state index contributed by atoms with van der Waals surface area (Å²) in [5, 5.41) is 19.2. The molecule has 0 radical (unpaired) electrons. The van der Waals surface area contributed by atoms with Crippen molar-refractivity contribution in [1.82, 2.24) is 20.4 Å². The van der Waals surface area contributed by atoms with Crippen molar-refractivity contribution < 1.29 is 31.9 Å². The lowest BCUT2D eigenvalue weighted by Gasteiger charge is -2.15. The fourth-order valence-corrected chi connectivity index (χ4v) is 3.22. The lowest BCUT2D eigenvalue weighted by molar-refractivity contribution is -0.137. The number of hydrogen-bond donors (Lipinski definition) is 1. The molecule has 30 heavy (non-hydrogen) atoms. The summed E-state index contributed by atoms with van der Waals surface area (Å²) in [6.07, 6.45) is -2.05. The van der Waals surface area contributed by atoms with Gasteiger partial charge in [0.2, 0.25) is 0 Å². The molecule has 160 valence electrons. The Labute approximate surface area is 169 Å². The summed E-state index contributed by atoms with van der Waals surface area (Å²) < 4.78 is 54.5. The lowest BCUT2D eigenvalue weighted by atomic mass is 10.1. The maximum atomic E-state index is 13.0. The van der Waals surface area contributed by atoms with Gasteiger partial charge >= 0.3 is 18.0 Å². The fraction of sp³-hybridized carbons (Fsp3) is 0.444. The Morgan fingerprint density at radius 1 is 1.40 bits per heavy atom. The van der Waals surface area contributed by atoms with E-state index in [-0.39, 0.29) is 29.3 Å². The maximum Gasteiger partial charge on any atom is 0.416 e. The van der Waals surface area contributed by atoms with Gasteiger partial charge in [-0.05, 0) is 24.6 Å². The molecule has 1 aliphatic rings. The summed E-state index contributed by atoms with van der Waals surface area (Å²) >= 11 is 0. The number of rotatable bonds is 6. The standard InChI is InChI=1S/C18H18F3N5O4/c1-28-8-12-6-11(7-26(12)9-22)23-15(27)17-25-24-16(30-17)13-5-10(18(19,20)21)3-4-14(13)29-2/h3-5,11-12H,6-8H2,1-2H3,(H,23,27)/t11-,12-/m1/s1. The highest BCUT2D eigenvalue weighted by molar-refractivity contribution is 5.90. The van der Waals surface area contributed by atoms with Gasteiger partial charge in [0.25, 0.3) is 5.89 Å². The fourth-order valence-electron chi connectivity index (χ4n) is 3.22. The van der Waals surface area contributed by atoms with Gasteiger partial charge < -0.3 is 24.1 Å². The Bertz CT molecular complexity index is 956. The number of methoxy groups -OCH3 is 2. The van der Waals surface area contributed by atoms with Crippen LogP contribution >= 0.6 is 0 Å². The van der Waals surface area contributed by atoms with Crippen LogP contribution in [0.1, 0.15) is 22.7 Å². The number of halogens is 3. The minimum Gasteiger partial charge on any atom is -0.496 e. The third-order valence-electron chi connectivity index (χ3n) is 4.61. The lowest BCUT2D eigenvalue weighted by Crippen LogP contribution is -2.36. The number of benzene rings is 1. The van der Waals surface area contributed by atoms with Crippen molar-refractivity contribution in [3.05, 3.63) is 29.7 Å². The summed E-state index contributed by atoms with van der Waals surface area (Å²) in [4.78, 5) is 13.9. The Morgan fingerprint density at radius 3 is 2.80 bits per heavy atom. The molecular weight excluding hydrogens is 407 g/mol. The first-order valence-corrected chi connectivity index (χ1v) is 8.82. The van der Waals surface area contributed by atoms with E-state index in [0.29, 0.717) is 19.6 Å². The van der Waals surface area contributed by atoms with E-state index in [0.717, 1.165) is 18.2 Å². The number of hydrogen-bond acceptors (Lipinski definition) is 8. The zero-order chi connectivity index (χ0) is 21.9. The van der Waals surface area contributed by atoms with Gasteiger partial charge in [-0.25, -0.2) is 0 Å². The Balaban J connectivity index is 1.77. The van der Waals surface area contributed by atoms with Gasteiger partial charge in [0, 0.05) is 19.7 Å². The quantitative estimate of drug-likeness (QED) is 0.700. The first kappa shape index (κ1) is 21.4. The molecule has 1 saturated heterocycles. The molecule has 9 nitrogen and oxygen atoms in total. The monoisotopic (exact) mass is 425 g/mol. The van der Waals surface area contributed by atoms with E-state index in [2.05, 4.69) is 15.5 Å². The molecule has 1 N–H and O–H groups in total. The minimum absolute atomic E-state index is 0.0847. The molecule has 1 amide bonds. The minimum atomic E-state index is -4.57. The number of aromatic nitrogens is 2. The molecule has 2 heterocycles. The van der Waals surface area contributed by atoms with Crippen LogP contribution < -0.4 is 10.1 Å². The van der Waals surface area contributed by atoms with Crippen LogP contribution in [0.2, 0.25) is 0 Å². The molecule has 3 rings (SSSR count). The number of likely N-dealkylation sites (tertiary alicyclic amines) is 1. The van der Waals surface area contributed by atoms with Crippen molar-refractivity contribution in [2.75, 3.05) is 27.4 Å². The van der Waals surface area contributed by atoms with Gasteiger partial charge in [-0.3, -0.25) is 4.79 Å². The Morgan fingerprint density at radius 2 is 2.17 bits per heavy atom.